The number of hydrogen-bond acceptors (Lipinski definition) is 9. The quantitative estimate of drug-likeness (QED) is 0.580. The number of hydrogen-bond donors (Lipinski definition) is 1. The normalized spacial score (nSPS) is 11.9. The molecule has 0 atom stereocenters. The fourth-order valence-electron chi connectivity index (χ4n) is 2.68. The summed E-state index contributed by atoms with van der Waals surface area (Å²) in [7, 11) is 3.13. The lowest BCUT2D eigenvalue weighted by Crippen LogP contribution is -2.14. The molecule has 150 valence electrons. The van der Waals surface area contributed by atoms with Gasteiger partial charge in [-0.1, -0.05) is 11.8 Å². The molecule has 0 saturated heterocycles. The van der Waals surface area contributed by atoms with E-state index >= 15 is 0 Å². The van der Waals surface area contributed by atoms with Crippen LogP contribution in [0, 0.1) is 0 Å². The van der Waals surface area contributed by atoms with Crippen molar-refractivity contribution >= 4 is 23.4 Å². The average Bonchev–Trinajstić information content (AvgIpc) is 3.40. The van der Waals surface area contributed by atoms with Crippen molar-refractivity contribution in [2.24, 2.45) is 0 Å². The Kier molecular flexibility index (Phi) is 5.38. The first-order valence-electron chi connectivity index (χ1n) is 8.51. The van der Waals surface area contributed by atoms with E-state index in [1.54, 1.807) is 50.6 Å². The lowest BCUT2D eigenvalue weighted by molar-refractivity contribution is -0.113. The Labute approximate surface area is 170 Å². The van der Waals surface area contributed by atoms with Crippen molar-refractivity contribution in [2.75, 3.05) is 32.1 Å². The lowest BCUT2D eigenvalue weighted by Gasteiger charge is -2.11. The number of benzene rings is 2. The van der Waals surface area contributed by atoms with E-state index in [1.165, 1.54) is 16.4 Å². The minimum atomic E-state index is -0.207. The molecule has 1 aliphatic heterocycles. The Balaban J connectivity index is 1.45. The third kappa shape index (κ3) is 4.04. The fraction of sp³-hybridized carbons (Fsp3) is 0.222. The Morgan fingerprint density at radius 1 is 1.17 bits per heavy atom. The van der Waals surface area contributed by atoms with Gasteiger partial charge < -0.3 is 24.3 Å². The van der Waals surface area contributed by atoms with Crippen LogP contribution in [0.5, 0.6) is 23.0 Å². The van der Waals surface area contributed by atoms with Gasteiger partial charge in [0.2, 0.25) is 17.9 Å². The molecule has 1 amide bonds. The number of nitrogens with one attached hydrogen (secondary N) is 1. The van der Waals surface area contributed by atoms with Crippen LogP contribution in [0.25, 0.3) is 5.69 Å². The molecule has 0 bridgehead atoms. The number of fused-ring (bicyclic) bond motifs is 1. The van der Waals surface area contributed by atoms with Gasteiger partial charge in [0.25, 0.3) is 0 Å². The summed E-state index contributed by atoms with van der Waals surface area (Å²) in [6, 6.07) is 10.5. The fourth-order valence-corrected chi connectivity index (χ4v) is 3.37. The Bertz CT molecular complexity index is 1040. The number of amides is 1. The minimum absolute atomic E-state index is 0.112. The van der Waals surface area contributed by atoms with E-state index in [1.807, 2.05) is 0 Å². The average molecular weight is 415 g/mol. The molecule has 3 aromatic rings. The molecule has 29 heavy (non-hydrogen) atoms. The number of anilines is 1. The van der Waals surface area contributed by atoms with E-state index in [-0.39, 0.29) is 18.5 Å². The number of ether oxygens (including phenoxy) is 4. The number of carbonyl (C=O) groups is 1. The highest BCUT2D eigenvalue weighted by molar-refractivity contribution is 7.99. The summed E-state index contributed by atoms with van der Waals surface area (Å²) in [4.78, 5) is 12.4. The van der Waals surface area contributed by atoms with Gasteiger partial charge in [-0.05, 0) is 34.7 Å². The van der Waals surface area contributed by atoms with Crippen LogP contribution in [-0.4, -0.2) is 52.9 Å². The maximum absolute atomic E-state index is 12.4. The van der Waals surface area contributed by atoms with E-state index < -0.39 is 0 Å². The Morgan fingerprint density at radius 2 is 2.03 bits per heavy atom. The van der Waals surface area contributed by atoms with Gasteiger partial charge in [-0.15, -0.1) is 5.10 Å². The summed E-state index contributed by atoms with van der Waals surface area (Å²) in [5.41, 5.74) is 1.23. The Morgan fingerprint density at radius 3 is 2.86 bits per heavy atom. The molecule has 0 radical (unpaired) electrons. The summed E-state index contributed by atoms with van der Waals surface area (Å²) in [5, 5.41) is 15.0. The van der Waals surface area contributed by atoms with Crippen molar-refractivity contribution in [3.63, 3.8) is 0 Å². The zero-order valence-corrected chi connectivity index (χ0v) is 16.4. The van der Waals surface area contributed by atoms with E-state index in [2.05, 4.69) is 20.8 Å². The van der Waals surface area contributed by atoms with Gasteiger partial charge in [-0.3, -0.25) is 4.79 Å². The van der Waals surface area contributed by atoms with Gasteiger partial charge in [-0.25, -0.2) is 0 Å². The summed E-state index contributed by atoms with van der Waals surface area (Å²) in [5.74, 6) is 2.37. The first-order chi connectivity index (χ1) is 14.2. The number of nitrogens with zero attached hydrogens (tertiary/aromatic N) is 4. The molecule has 4 rings (SSSR count). The van der Waals surface area contributed by atoms with E-state index in [0.29, 0.717) is 39.5 Å². The number of carbonyl (C=O) groups excluding carboxylic acids is 1. The van der Waals surface area contributed by atoms with Gasteiger partial charge in [-0.2, -0.15) is 4.68 Å². The van der Waals surface area contributed by atoms with Gasteiger partial charge in [0.05, 0.1) is 20.0 Å². The van der Waals surface area contributed by atoms with Crippen molar-refractivity contribution in [1.29, 1.82) is 0 Å². The van der Waals surface area contributed by atoms with Crippen LogP contribution in [0.2, 0.25) is 0 Å². The van der Waals surface area contributed by atoms with Crippen LogP contribution in [0.3, 0.4) is 0 Å². The van der Waals surface area contributed by atoms with Crippen molar-refractivity contribution in [2.45, 2.75) is 5.16 Å². The summed E-state index contributed by atoms with van der Waals surface area (Å²) in [6.45, 7) is 0.180. The largest absolute Gasteiger partial charge is 0.497 e. The number of methoxy groups -OCH3 is 2. The molecule has 0 spiro atoms. The van der Waals surface area contributed by atoms with Crippen molar-refractivity contribution in [3.05, 3.63) is 36.4 Å². The second-order valence-electron chi connectivity index (χ2n) is 5.82. The highest BCUT2D eigenvalue weighted by Gasteiger charge is 2.17. The molecular weight excluding hydrogens is 398 g/mol. The zero-order valence-electron chi connectivity index (χ0n) is 15.6. The molecule has 2 heterocycles. The van der Waals surface area contributed by atoms with Gasteiger partial charge >= 0.3 is 0 Å². The molecule has 0 unspecified atom stereocenters. The molecule has 0 aliphatic carbocycles. The number of rotatable bonds is 7. The van der Waals surface area contributed by atoms with Gasteiger partial charge in [0.15, 0.2) is 11.5 Å². The van der Waals surface area contributed by atoms with Gasteiger partial charge in [0.1, 0.15) is 17.2 Å². The smallest absolute Gasteiger partial charge is 0.234 e. The number of tetrazole rings is 1. The highest BCUT2D eigenvalue weighted by Crippen LogP contribution is 2.34. The van der Waals surface area contributed by atoms with Crippen LogP contribution < -0.4 is 24.3 Å². The lowest BCUT2D eigenvalue weighted by atomic mass is 10.3. The van der Waals surface area contributed by atoms with E-state index in [4.69, 9.17) is 18.9 Å². The number of thioether (sulfide) groups is 1. The minimum Gasteiger partial charge on any atom is -0.497 e. The summed E-state index contributed by atoms with van der Waals surface area (Å²) < 4.78 is 22.7. The first kappa shape index (κ1) is 18.9. The maximum Gasteiger partial charge on any atom is 0.234 e. The summed E-state index contributed by atoms with van der Waals surface area (Å²) >= 11 is 1.20. The van der Waals surface area contributed by atoms with E-state index in [0.717, 1.165) is 0 Å². The van der Waals surface area contributed by atoms with Crippen molar-refractivity contribution in [3.8, 4) is 28.7 Å². The first-order valence-corrected chi connectivity index (χ1v) is 9.49. The van der Waals surface area contributed by atoms with Crippen molar-refractivity contribution in [1.82, 2.24) is 20.2 Å². The van der Waals surface area contributed by atoms with Crippen molar-refractivity contribution < 1.29 is 23.7 Å². The van der Waals surface area contributed by atoms with E-state index in [9.17, 15) is 4.79 Å². The molecule has 0 fully saturated rings. The third-order valence-corrected chi connectivity index (χ3v) is 4.96. The van der Waals surface area contributed by atoms with Crippen LogP contribution in [0.1, 0.15) is 0 Å². The molecular formula is C18H17N5O5S. The monoisotopic (exact) mass is 415 g/mol. The molecule has 2 aromatic carbocycles. The topological polar surface area (TPSA) is 110 Å². The molecule has 11 heteroatoms. The van der Waals surface area contributed by atoms with Gasteiger partial charge in [0, 0.05) is 17.8 Å². The van der Waals surface area contributed by atoms with Crippen LogP contribution in [-0.2, 0) is 4.79 Å². The zero-order chi connectivity index (χ0) is 20.2. The molecule has 10 nitrogen and oxygen atoms in total. The third-order valence-electron chi connectivity index (χ3n) is 4.04. The SMILES string of the molecule is COc1ccc(OC)c(-n2nnnc2SCC(=O)Nc2ccc3c(c2)OCO3)c1. The summed E-state index contributed by atoms with van der Waals surface area (Å²) in [6.07, 6.45) is 0. The second kappa shape index (κ2) is 8.27. The van der Waals surface area contributed by atoms with Crippen LogP contribution in [0.15, 0.2) is 41.6 Å². The molecule has 1 aromatic heterocycles. The second-order valence-corrected chi connectivity index (χ2v) is 6.76. The predicted octanol–water partition coefficient (Wildman–Crippen LogP) is 2.14. The Hall–Kier alpha value is -3.47. The standard InChI is InChI=1S/C18H17N5O5S/c1-25-12-4-6-14(26-2)13(8-12)23-18(20-21-22-23)29-9-17(24)19-11-3-5-15-16(7-11)28-10-27-15/h3-8H,9-10H2,1-2H3,(H,19,24). The highest BCUT2D eigenvalue weighted by atomic mass is 32.2. The molecule has 1 N–H and O–H groups in total. The number of aromatic nitrogens is 4. The molecule has 1 aliphatic rings. The van der Waals surface area contributed by atoms with Crippen LogP contribution >= 0.6 is 11.8 Å². The maximum atomic E-state index is 12.4. The van der Waals surface area contributed by atoms with Crippen LogP contribution in [0.4, 0.5) is 5.69 Å². The predicted molar refractivity (Wildman–Crippen MR) is 104 cm³/mol. The molecule has 0 saturated carbocycles.